The SMILES string of the molecule is Cc1ccc(F)c(C2=NCC(C)N2)c1Br. The van der Waals surface area contributed by atoms with Crippen LogP contribution in [0.2, 0.25) is 0 Å². The molecule has 2 rings (SSSR count). The van der Waals surface area contributed by atoms with E-state index in [0.29, 0.717) is 17.9 Å². The van der Waals surface area contributed by atoms with Crippen molar-refractivity contribution in [3.05, 3.63) is 33.5 Å². The van der Waals surface area contributed by atoms with Gasteiger partial charge in [-0.15, -0.1) is 0 Å². The Kier molecular flexibility index (Phi) is 2.78. The molecule has 1 aromatic rings. The Morgan fingerprint density at radius 2 is 2.27 bits per heavy atom. The van der Waals surface area contributed by atoms with E-state index in [2.05, 4.69) is 26.2 Å². The Hall–Kier alpha value is -0.900. The molecule has 1 aromatic carbocycles. The average molecular weight is 271 g/mol. The maximum atomic E-state index is 13.7. The summed E-state index contributed by atoms with van der Waals surface area (Å²) in [6, 6.07) is 3.51. The molecule has 1 aliphatic heterocycles. The summed E-state index contributed by atoms with van der Waals surface area (Å²) in [6.45, 7) is 4.67. The molecule has 80 valence electrons. The Bertz CT molecular complexity index is 429. The van der Waals surface area contributed by atoms with Gasteiger partial charge in [-0.1, -0.05) is 6.07 Å². The maximum Gasteiger partial charge on any atom is 0.135 e. The first-order chi connectivity index (χ1) is 7.09. The quantitative estimate of drug-likeness (QED) is 0.834. The van der Waals surface area contributed by atoms with Crippen molar-refractivity contribution in [1.29, 1.82) is 0 Å². The van der Waals surface area contributed by atoms with Gasteiger partial charge >= 0.3 is 0 Å². The highest BCUT2D eigenvalue weighted by molar-refractivity contribution is 9.10. The molecule has 0 aliphatic carbocycles. The highest BCUT2D eigenvalue weighted by atomic mass is 79.9. The Balaban J connectivity index is 2.48. The van der Waals surface area contributed by atoms with E-state index < -0.39 is 0 Å². The minimum atomic E-state index is -0.243. The molecule has 0 saturated heterocycles. The van der Waals surface area contributed by atoms with Crippen molar-refractivity contribution in [1.82, 2.24) is 5.32 Å². The van der Waals surface area contributed by atoms with E-state index in [1.807, 2.05) is 13.8 Å². The summed E-state index contributed by atoms with van der Waals surface area (Å²) in [6.07, 6.45) is 0. The van der Waals surface area contributed by atoms with Crippen LogP contribution in [-0.2, 0) is 0 Å². The molecular weight excluding hydrogens is 259 g/mol. The van der Waals surface area contributed by atoms with Crippen molar-refractivity contribution in [2.75, 3.05) is 6.54 Å². The Morgan fingerprint density at radius 3 is 2.87 bits per heavy atom. The fraction of sp³-hybridized carbons (Fsp3) is 0.364. The van der Waals surface area contributed by atoms with E-state index in [0.717, 1.165) is 10.0 Å². The van der Waals surface area contributed by atoms with Crippen LogP contribution in [-0.4, -0.2) is 18.4 Å². The molecule has 0 fully saturated rings. The molecule has 1 N–H and O–H groups in total. The molecule has 0 radical (unpaired) electrons. The van der Waals surface area contributed by atoms with Gasteiger partial charge in [-0.05, 0) is 41.4 Å². The molecule has 0 bridgehead atoms. The maximum absolute atomic E-state index is 13.7. The summed E-state index contributed by atoms with van der Waals surface area (Å²) in [5, 5.41) is 3.16. The van der Waals surface area contributed by atoms with E-state index in [-0.39, 0.29) is 11.9 Å². The molecular formula is C11H12BrFN2. The normalized spacial score (nSPS) is 20.0. The van der Waals surface area contributed by atoms with Crippen LogP contribution in [0, 0.1) is 12.7 Å². The predicted molar refractivity (Wildman–Crippen MR) is 62.8 cm³/mol. The topological polar surface area (TPSA) is 24.4 Å². The largest absolute Gasteiger partial charge is 0.365 e. The first-order valence-electron chi connectivity index (χ1n) is 4.85. The lowest BCUT2D eigenvalue weighted by Crippen LogP contribution is -2.28. The lowest BCUT2D eigenvalue weighted by atomic mass is 10.1. The van der Waals surface area contributed by atoms with Gasteiger partial charge in [-0.3, -0.25) is 4.99 Å². The van der Waals surface area contributed by atoms with Crippen molar-refractivity contribution in [2.45, 2.75) is 19.9 Å². The van der Waals surface area contributed by atoms with E-state index in [9.17, 15) is 4.39 Å². The van der Waals surface area contributed by atoms with E-state index in [1.165, 1.54) is 6.07 Å². The Morgan fingerprint density at radius 1 is 1.53 bits per heavy atom. The minimum Gasteiger partial charge on any atom is -0.365 e. The number of rotatable bonds is 1. The van der Waals surface area contributed by atoms with Crippen LogP contribution in [0.15, 0.2) is 21.6 Å². The lowest BCUT2D eigenvalue weighted by Gasteiger charge is -2.10. The molecule has 4 heteroatoms. The van der Waals surface area contributed by atoms with E-state index in [4.69, 9.17) is 0 Å². The third-order valence-electron chi connectivity index (χ3n) is 2.43. The second-order valence-corrected chi connectivity index (χ2v) is 4.58. The number of hydrogen-bond acceptors (Lipinski definition) is 2. The van der Waals surface area contributed by atoms with Gasteiger partial charge < -0.3 is 5.32 Å². The van der Waals surface area contributed by atoms with Gasteiger partial charge in [0.2, 0.25) is 0 Å². The lowest BCUT2D eigenvalue weighted by molar-refractivity contribution is 0.622. The number of nitrogens with zero attached hydrogens (tertiary/aromatic N) is 1. The van der Waals surface area contributed by atoms with Crippen molar-refractivity contribution < 1.29 is 4.39 Å². The number of aliphatic imine (C=N–C) groups is 1. The van der Waals surface area contributed by atoms with Gasteiger partial charge in [0.05, 0.1) is 12.1 Å². The van der Waals surface area contributed by atoms with E-state index >= 15 is 0 Å². The zero-order valence-corrected chi connectivity index (χ0v) is 10.2. The molecule has 0 aromatic heterocycles. The first-order valence-corrected chi connectivity index (χ1v) is 5.65. The summed E-state index contributed by atoms with van der Waals surface area (Å²) in [5.74, 6) is 0.406. The molecule has 0 spiro atoms. The second kappa shape index (κ2) is 3.93. The van der Waals surface area contributed by atoms with Gasteiger partial charge in [-0.25, -0.2) is 4.39 Å². The number of nitrogens with one attached hydrogen (secondary N) is 1. The second-order valence-electron chi connectivity index (χ2n) is 3.79. The molecule has 2 nitrogen and oxygen atoms in total. The third-order valence-corrected chi connectivity index (χ3v) is 3.45. The van der Waals surface area contributed by atoms with Crippen molar-refractivity contribution in [3.8, 4) is 0 Å². The number of amidine groups is 1. The van der Waals surface area contributed by atoms with Gasteiger partial charge in [-0.2, -0.15) is 0 Å². The monoisotopic (exact) mass is 270 g/mol. The predicted octanol–water partition coefficient (Wildman–Crippen LogP) is 2.63. The summed E-state index contributed by atoms with van der Waals surface area (Å²) < 4.78 is 14.4. The van der Waals surface area contributed by atoms with Gasteiger partial charge in [0, 0.05) is 10.5 Å². The van der Waals surface area contributed by atoms with Crippen LogP contribution >= 0.6 is 15.9 Å². The van der Waals surface area contributed by atoms with Crippen LogP contribution in [0.25, 0.3) is 0 Å². The smallest absolute Gasteiger partial charge is 0.135 e. The fourth-order valence-electron chi connectivity index (χ4n) is 1.58. The Labute approximate surface area is 96.7 Å². The number of hydrogen-bond donors (Lipinski definition) is 1. The molecule has 1 atom stereocenters. The van der Waals surface area contributed by atoms with Gasteiger partial charge in [0.1, 0.15) is 11.7 Å². The van der Waals surface area contributed by atoms with Crippen LogP contribution in [0.1, 0.15) is 18.1 Å². The molecule has 15 heavy (non-hydrogen) atoms. The summed E-state index contributed by atoms with van der Waals surface area (Å²) in [4.78, 5) is 4.29. The van der Waals surface area contributed by atoms with Gasteiger partial charge in [0.25, 0.3) is 0 Å². The standard InChI is InChI=1S/C11H12BrFN2/c1-6-3-4-8(13)9(10(6)12)11-14-5-7(2)15-11/h3-4,7H,5H2,1-2H3,(H,14,15). The highest BCUT2D eigenvalue weighted by Gasteiger charge is 2.20. The van der Waals surface area contributed by atoms with Crippen LogP contribution in [0.5, 0.6) is 0 Å². The van der Waals surface area contributed by atoms with Crippen molar-refractivity contribution >= 4 is 21.8 Å². The zero-order chi connectivity index (χ0) is 11.0. The average Bonchev–Trinajstić information content (AvgIpc) is 2.59. The molecule has 0 saturated carbocycles. The van der Waals surface area contributed by atoms with Crippen LogP contribution < -0.4 is 5.32 Å². The van der Waals surface area contributed by atoms with E-state index in [1.54, 1.807) is 6.07 Å². The van der Waals surface area contributed by atoms with Crippen LogP contribution in [0.3, 0.4) is 0 Å². The molecule has 1 unspecified atom stereocenters. The highest BCUT2D eigenvalue weighted by Crippen LogP contribution is 2.25. The summed E-state index contributed by atoms with van der Waals surface area (Å²) in [7, 11) is 0. The summed E-state index contributed by atoms with van der Waals surface area (Å²) >= 11 is 3.40. The number of halogens is 2. The number of benzene rings is 1. The third kappa shape index (κ3) is 1.91. The fourth-order valence-corrected chi connectivity index (χ4v) is 2.09. The summed E-state index contributed by atoms with van der Waals surface area (Å²) in [5.41, 5.74) is 1.55. The molecule has 1 heterocycles. The van der Waals surface area contributed by atoms with Gasteiger partial charge in [0.15, 0.2) is 0 Å². The molecule has 1 aliphatic rings. The van der Waals surface area contributed by atoms with Crippen molar-refractivity contribution in [2.24, 2.45) is 4.99 Å². The van der Waals surface area contributed by atoms with Crippen LogP contribution in [0.4, 0.5) is 4.39 Å². The minimum absolute atomic E-state index is 0.243. The zero-order valence-electron chi connectivity index (χ0n) is 8.64. The number of aryl methyl sites for hydroxylation is 1. The molecule has 0 amide bonds. The first kappa shape index (κ1) is 10.6. The van der Waals surface area contributed by atoms with Crippen molar-refractivity contribution in [3.63, 3.8) is 0 Å².